The van der Waals surface area contributed by atoms with Crippen LogP contribution in [0.1, 0.15) is 31.7 Å². The van der Waals surface area contributed by atoms with Gasteiger partial charge in [0.15, 0.2) is 0 Å². The summed E-state index contributed by atoms with van der Waals surface area (Å²) in [5.74, 6) is -0.320. The summed E-state index contributed by atoms with van der Waals surface area (Å²) >= 11 is 6.31. The number of nitrogens with one attached hydrogen (secondary N) is 1. The van der Waals surface area contributed by atoms with Crippen molar-refractivity contribution in [1.29, 1.82) is 0 Å². The van der Waals surface area contributed by atoms with Crippen molar-refractivity contribution in [3.63, 3.8) is 0 Å². The Morgan fingerprint density at radius 3 is 2.83 bits per heavy atom. The molecule has 2 saturated heterocycles. The van der Waals surface area contributed by atoms with E-state index in [4.69, 9.17) is 16.3 Å². The maximum atomic E-state index is 14.0. The van der Waals surface area contributed by atoms with Gasteiger partial charge in [-0.25, -0.2) is 9.07 Å². The van der Waals surface area contributed by atoms with Gasteiger partial charge in [-0.15, -0.1) is 0 Å². The van der Waals surface area contributed by atoms with Crippen LogP contribution in [-0.4, -0.2) is 42.0 Å². The van der Waals surface area contributed by atoms with Crippen LogP contribution < -0.4 is 15.8 Å². The number of para-hydroxylation sites is 1. The van der Waals surface area contributed by atoms with Crippen molar-refractivity contribution in [1.82, 2.24) is 9.78 Å². The topological polar surface area (TPSA) is 76.5 Å². The molecule has 2 aliphatic rings. The van der Waals surface area contributed by atoms with Crippen LogP contribution in [0.15, 0.2) is 35.3 Å². The first-order valence-corrected chi connectivity index (χ1v) is 10.6. The van der Waals surface area contributed by atoms with E-state index in [0.29, 0.717) is 37.7 Å². The van der Waals surface area contributed by atoms with Crippen molar-refractivity contribution in [2.45, 2.75) is 31.7 Å². The van der Waals surface area contributed by atoms with Crippen LogP contribution in [0.4, 0.5) is 15.8 Å². The minimum absolute atomic E-state index is 0.0593. The SMILES string of the molecule is O=C1CC(n2ncc(NCC3CCCOC3)c(Cl)c2=O)CCN1c1ccccc1F. The number of ether oxygens (including phenoxy) is 1. The second-order valence-electron chi connectivity index (χ2n) is 7.73. The number of anilines is 2. The Hall–Kier alpha value is -2.45. The molecule has 1 aromatic heterocycles. The molecule has 0 radical (unpaired) electrons. The Morgan fingerprint density at radius 1 is 1.27 bits per heavy atom. The highest BCUT2D eigenvalue weighted by atomic mass is 35.5. The Balaban J connectivity index is 1.44. The third-order valence-corrected chi connectivity index (χ3v) is 6.03. The molecule has 0 saturated carbocycles. The van der Waals surface area contributed by atoms with E-state index in [1.165, 1.54) is 21.8 Å². The number of carbonyl (C=O) groups excluding carboxylic acids is 1. The summed E-state index contributed by atoms with van der Waals surface area (Å²) < 4.78 is 20.8. The van der Waals surface area contributed by atoms with Gasteiger partial charge in [0.1, 0.15) is 10.8 Å². The van der Waals surface area contributed by atoms with Gasteiger partial charge in [-0.3, -0.25) is 9.59 Å². The third kappa shape index (κ3) is 4.34. The molecule has 2 aromatic rings. The molecule has 2 fully saturated rings. The molecule has 160 valence electrons. The molecule has 2 atom stereocenters. The van der Waals surface area contributed by atoms with E-state index in [9.17, 15) is 14.0 Å². The van der Waals surface area contributed by atoms with Crippen molar-refractivity contribution in [2.75, 3.05) is 36.5 Å². The zero-order valence-electron chi connectivity index (χ0n) is 16.5. The molecule has 0 bridgehead atoms. The van der Waals surface area contributed by atoms with E-state index in [1.807, 2.05) is 0 Å². The van der Waals surface area contributed by atoms with Crippen LogP contribution in [-0.2, 0) is 9.53 Å². The lowest BCUT2D eigenvalue weighted by Gasteiger charge is -2.32. The fraction of sp³-hybridized carbons (Fsp3) is 0.476. The van der Waals surface area contributed by atoms with E-state index in [1.54, 1.807) is 18.2 Å². The Morgan fingerprint density at radius 2 is 2.10 bits per heavy atom. The first kappa shape index (κ1) is 20.8. The molecule has 1 N–H and O–H groups in total. The smallest absolute Gasteiger partial charge is 0.287 e. The first-order chi connectivity index (χ1) is 14.5. The van der Waals surface area contributed by atoms with E-state index in [0.717, 1.165) is 19.4 Å². The summed E-state index contributed by atoms with van der Waals surface area (Å²) in [5, 5.41) is 7.51. The Labute approximate surface area is 178 Å². The minimum Gasteiger partial charge on any atom is -0.382 e. The molecular weight excluding hydrogens is 411 g/mol. The average Bonchev–Trinajstić information content (AvgIpc) is 2.76. The maximum absolute atomic E-state index is 14.0. The molecule has 1 aromatic carbocycles. The van der Waals surface area contributed by atoms with Crippen LogP contribution >= 0.6 is 11.6 Å². The van der Waals surface area contributed by atoms with Crippen LogP contribution in [0, 0.1) is 11.7 Å². The number of carbonyl (C=O) groups is 1. The highest BCUT2D eigenvalue weighted by Gasteiger charge is 2.31. The quantitative estimate of drug-likeness (QED) is 0.781. The Bertz CT molecular complexity index is 977. The van der Waals surface area contributed by atoms with Crippen LogP contribution in [0.3, 0.4) is 0 Å². The molecule has 3 heterocycles. The monoisotopic (exact) mass is 434 g/mol. The lowest BCUT2D eigenvalue weighted by atomic mass is 10.0. The fourth-order valence-electron chi connectivity index (χ4n) is 4.00. The number of aromatic nitrogens is 2. The molecule has 0 spiro atoms. The highest BCUT2D eigenvalue weighted by molar-refractivity contribution is 6.32. The lowest BCUT2D eigenvalue weighted by Crippen LogP contribution is -2.42. The molecule has 2 aliphatic heterocycles. The zero-order valence-corrected chi connectivity index (χ0v) is 17.3. The predicted molar refractivity (Wildman–Crippen MR) is 113 cm³/mol. The van der Waals surface area contributed by atoms with Crippen LogP contribution in [0.25, 0.3) is 0 Å². The lowest BCUT2D eigenvalue weighted by molar-refractivity contribution is -0.120. The standard InChI is InChI=1S/C21H24ClFN4O3/c22-20-17(24-11-14-4-3-9-30-13-14)12-25-27(21(20)29)15-7-8-26(19(28)10-15)18-6-2-1-5-16(18)23/h1-2,5-6,12,14-15,24H,3-4,7-11,13H2. The molecule has 1 amide bonds. The number of nitrogens with zero attached hydrogens (tertiary/aromatic N) is 3. The van der Waals surface area contributed by atoms with Crippen molar-refractivity contribution < 1.29 is 13.9 Å². The molecule has 0 aliphatic carbocycles. The third-order valence-electron chi connectivity index (χ3n) is 5.67. The van der Waals surface area contributed by atoms with Gasteiger partial charge in [0, 0.05) is 26.1 Å². The largest absolute Gasteiger partial charge is 0.382 e. The molecule has 2 unspecified atom stereocenters. The number of amides is 1. The summed E-state index contributed by atoms with van der Waals surface area (Å²) in [6.07, 6.45) is 4.16. The van der Waals surface area contributed by atoms with E-state index >= 15 is 0 Å². The summed E-state index contributed by atoms with van der Waals surface area (Å²) in [7, 11) is 0. The van der Waals surface area contributed by atoms with Gasteiger partial charge in [0.05, 0.1) is 30.2 Å². The summed E-state index contributed by atoms with van der Waals surface area (Å²) in [5.41, 5.74) is 0.308. The Kier molecular flexibility index (Phi) is 6.34. The normalized spacial score (nSPS) is 22.2. The highest BCUT2D eigenvalue weighted by Crippen LogP contribution is 2.29. The van der Waals surface area contributed by atoms with Gasteiger partial charge in [0.25, 0.3) is 5.56 Å². The number of hydrogen-bond acceptors (Lipinski definition) is 5. The van der Waals surface area contributed by atoms with Crippen LogP contribution in [0.2, 0.25) is 5.02 Å². The molecule has 9 heteroatoms. The van der Waals surface area contributed by atoms with Gasteiger partial charge >= 0.3 is 0 Å². The summed E-state index contributed by atoms with van der Waals surface area (Å²) in [6, 6.07) is 5.76. The van der Waals surface area contributed by atoms with Crippen LogP contribution in [0.5, 0.6) is 0 Å². The number of halogens is 2. The first-order valence-electron chi connectivity index (χ1n) is 10.2. The second kappa shape index (κ2) is 9.14. The molecular formula is C21H24ClFN4O3. The minimum atomic E-state index is -0.443. The number of piperidine rings is 1. The molecule has 7 nitrogen and oxygen atoms in total. The molecule has 4 rings (SSSR count). The number of hydrogen-bond donors (Lipinski definition) is 1. The number of benzene rings is 1. The van der Waals surface area contributed by atoms with Crippen molar-refractivity contribution >= 4 is 28.9 Å². The van der Waals surface area contributed by atoms with Gasteiger partial charge < -0.3 is 15.0 Å². The maximum Gasteiger partial charge on any atom is 0.287 e. The second-order valence-corrected chi connectivity index (χ2v) is 8.11. The molecule has 30 heavy (non-hydrogen) atoms. The van der Waals surface area contributed by atoms with E-state index in [2.05, 4.69) is 10.4 Å². The van der Waals surface area contributed by atoms with Gasteiger partial charge in [0.2, 0.25) is 5.91 Å². The number of rotatable bonds is 5. The van der Waals surface area contributed by atoms with Crippen molar-refractivity contribution in [3.05, 3.63) is 51.7 Å². The van der Waals surface area contributed by atoms with Gasteiger partial charge in [-0.2, -0.15) is 5.10 Å². The summed E-state index contributed by atoms with van der Waals surface area (Å²) in [6.45, 7) is 2.45. The average molecular weight is 435 g/mol. The van der Waals surface area contributed by atoms with E-state index in [-0.39, 0.29) is 23.0 Å². The zero-order chi connectivity index (χ0) is 21.1. The van der Waals surface area contributed by atoms with Gasteiger partial charge in [-0.1, -0.05) is 23.7 Å². The fourth-order valence-corrected chi connectivity index (χ4v) is 4.20. The summed E-state index contributed by atoms with van der Waals surface area (Å²) in [4.78, 5) is 26.8. The van der Waals surface area contributed by atoms with E-state index < -0.39 is 17.4 Å². The van der Waals surface area contributed by atoms with Gasteiger partial charge in [-0.05, 0) is 37.3 Å². The van der Waals surface area contributed by atoms with Crippen molar-refractivity contribution in [2.24, 2.45) is 5.92 Å². The van der Waals surface area contributed by atoms with Crippen molar-refractivity contribution in [3.8, 4) is 0 Å². The predicted octanol–water partition coefficient (Wildman–Crippen LogP) is 3.24.